The van der Waals surface area contributed by atoms with E-state index in [1.54, 1.807) is 6.92 Å². The second kappa shape index (κ2) is 5.02. The maximum absolute atomic E-state index is 12.8. The first-order valence-corrected chi connectivity index (χ1v) is 5.76. The summed E-state index contributed by atoms with van der Waals surface area (Å²) in [6, 6.07) is 0. The molecule has 0 aliphatic carbocycles. The van der Waals surface area contributed by atoms with Crippen molar-refractivity contribution in [3.8, 4) is 0 Å². The van der Waals surface area contributed by atoms with Gasteiger partial charge < -0.3 is 9.64 Å². The third-order valence-electron chi connectivity index (χ3n) is 3.08. The van der Waals surface area contributed by atoms with Crippen molar-refractivity contribution in [1.29, 1.82) is 0 Å². The molecule has 100 valence electrons. The lowest BCUT2D eigenvalue weighted by molar-refractivity contribution is -0.263. The van der Waals surface area contributed by atoms with E-state index in [0.29, 0.717) is 6.42 Å². The first-order chi connectivity index (χ1) is 7.77. The van der Waals surface area contributed by atoms with Crippen LogP contribution < -0.4 is 0 Å². The number of carbonyl (C=O) groups excluding carboxylic acids is 1. The number of methoxy groups -OCH3 is 1. The van der Waals surface area contributed by atoms with E-state index in [4.69, 9.17) is 11.6 Å². The molecule has 1 aliphatic rings. The van der Waals surface area contributed by atoms with Crippen LogP contribution in [0.5, 0.6) is 0 Å². The Balaban J connectivity index is 2.78. The van der Waals surface area contributed by atoms with Crippen LogP contribution in [0.25, 0.3) is 0 Å². The van der Waals surface area contributed by atoms with Crippen molar-refractivity contribution in [2.75, 3.05) is 20.2 Å². The van der Waals surface area contributed by atoms with Crippen molar-refractivity contribution in [3.63, 3.8) is 0 Å². The van der Waals surface area contributed by atoms with Crippen LogP contribution in [-0.4, -0.2) is 48.2 Å². The zero-order valence-corrected chi connectivity index (χ0v) is 10.4. The van der Waals surface area contributed by atoms with Crippen LogP contribution >= 0.6 is 11.6 Å². The molecule has 0 spiro atoms. The van der Waals surface area contributed by atoms with Gasteiger partial charge in [-0.3, -0.25) is 4.79 Å². The zero-order chi connectivity index (χ0) is 13.3. The van der Waals surface area contributed by atoms with Gasteiger partial charge in [0.2, 0.25) is 5.91 Å². The highest BCUT2D eigenvalue weighted by molar-refractivity contribution is 6.30. The summed E-state index contributed by atoms with van der Waals surface area (Å²) in [6.07, 6.45) is -4.33. The number of hydrogen-bond acceptors (Lipinski definition) is 2. The average molecular weight is 274 g/mol. The third kappa shape index (κ3) is 2.68. The zero-order valence-electron chi connectivity index (χ0n) is 9.68. The fourth-order valence-electron chi connectivity index (χ4n) is 1.86. The Morgan fingerprint density at radius 1 is 1.59 bits per heavy atom. The Hall–Kier alpha value is -0.490. The summed E-state index contributed by atoms with van der Waals surface area (Å²) >= 11 is 5.73. The maximum Gasteiger partial charge on any atom is 0.419 e. The van der Waals surface area contributed by atoms with Gasteiger partial charge in [0.15, 0.2) is 5.60 Å². The van der Waals surface area contributed by atoms with Crippen LogP contribution in [0.2, 0.25) is 0 Å². The number of ether oxygens (including phenoxy) is 1. The molecule has 0 unspecified atom stereocenters. The molecule has 0 saturated carbocycles. The van der Waals surface area contributed by atoms with Gasteiger partial charge in [0.05, 0.1) is 6.54 Å². The first-order valence-electron chi connectivity index (χ1n) is 5.32. The predicted molar refractivity (Wildman–Crippen MR) is 56.9 cm³/mol. The fourth-order valence-corrected chi connectivity index (χ4v) is 1.99. The SMILES string of the molecule is CC[C@H](Cl)C(=O)N1CC[C@](OC)(C(F)(F)F)C1. The molecule has 1 amide bonds. The minimum Gasteiger partial charge on any atom is -0.367 e. The molecule has 0 aromatic rings. The summed E-state index contributed by atoms with van der Waals surface area (Å²) in [7, 11) is 1.01. The largest absolute Gasteiger partial charge is 0.419 e. The van der Waals surface area contributed by atoms with Gasteiger partial charge in [-0.25, -0.2) is 0 Å². The standard InChI is InChI=1S/C10H15ClF3NO2/c1-3-7(11)8(16)15-5-4-9(6-15,17-2)10(12,13)14/h7H,3-6H2,1-2H3/t7-,9+/m0/s1. The summed E-state index contributed by atoms with van der Waals surface area (Å²) in [4.78, 5) is 12.8. The first kappa shape index (κ1) is 14.6. The number of nitrogens with zero attached hydrogens (tertiary/aromatic N) is 1. The molecule has 1 heterocycles. The highest BCUT2D eigenvalue weighted by Crippen LogP contribution is 2.40. The third-order valence-corrected chi connectivity index (χ3v) is 3.57. The van der Waals surface area contributed by atoms with Crippen LogP contribution in [-0.2, 0) is 9.53 Å². The highest BCUT2D eigenvalue weighted by Gasteiger charge is 2.59. The van der Waals surface area contributed by atoms with Crippen LogP contribution in [0.15, 0.2) is 0 Å². The van der Waals surface area contributed by atoms with Gasteiger partial charge in [-0.15, -0.1) is 11.6 Å². The van der Waals surface area contributed by atoms with Crippen LogP contribution in [0, 0.1) is 0 Å². The van der Waals surface area contributed by atoms with Crippen molar-refractivity contribution in [2.45, 2.75) is 36.9 Å². The van der Waals surface area contributed by atoms with Crippen LogP contribution in [0.1, 0.15) is 19.8 Å². The van der Waals surface area contributed by atoms with Gasteiger partial charge in [-0.05, 0) is 6.42 Å². The van der Waals surface area contributed by atoms with E-state index in [1.165, 1.54) is 0 Å². The molecular formula is C10H15ClF3NO2. The van der Waals surface area contributed by atoms with Crippen molar-refractivity contribution in [1.82, 2.24) is 4.90 Å². The molecule has 0 N–H and O–H groups in total. The molecule has 0 bridgehead atoms. The minimum atomic E-state index is -4.48. The van der Waals surface area contributed by atoms with E-state index in [-0.39, 0.29) is 13.0 Å². The molecule has 7 heteroatoms. The lowest BCUT2D eigenvalue weighted by atomic mass is 10.0. The fraction of sp³-hybridized carbons (Fsp3) is 0.900. The summed E-state index contributed by atoms with van der Waals surface area (Å²) in [5.41, 5.74) is -2.24. The summed E-state index contributed by atoms with van der Waals surface area (Å²) in [5, 5.41) is -0.768. The number of rotatable bonds is 3. The normalized spacial score (nSPS) is 27.3. The van der Waals surface area contributed by atoms with E-state index < -0.39 is 29.6 Å². The Bertz CT molecular complexity index is 298. The van der Waals surface area contributed by atoms with Crippen molar-refractivity contribution in [3.05, 3.63) is 0 Å². The summed E-state index contributed by atoms with van der Waals surface area (Å²) in [5.74, 6) is -0.461. The maximum atomic E-state index is 12.8. The predicted octanol–water partition coefficient (Wildman–Crippen LogP) is 2.18. The van der Waals surface area contributed by atoms with E-state index in [1.807, 2.05) is 0 Å². The van der Waals surface area contributed by atoms with E-state index in [9.17, 15) is 18.0 Å². The molecule has 3 nitrogen and oxygen atoms in total. The molecule has 0 aromatic carbocycles. The monoisotopic (exact) mass is 273 g/mol. The number of halogens is 4. The van der Waals surface area contributed by atoms with Gasteiger partial charge >= 0.3 is 6.18 Å². The lowest BCUT2D eigenvalue weighted by Crippen LogP contribution is -2.50. The van der Waals surface area contributed by atoms with Gasteiger partial charge in [0.25, 0.3) is 0 Å². The Morgan fingerprint density at radius 3 is 2.53 bits per heavy atom. The van der Waals surface area contributed by atoms with Crippen LogP contribution in [0.4, 0.5) is 13.2 Å². The van der Waals surface area contributed by atoms with Gasteiger partial charge in [-0.2, -0.15) is 13.2 Å². The number of hydrogen-bond donors (Lipinski definition) is 0. The van der Waals surface area contributed by atoms with Crippen LogP contribution in [0.3, 0.4) is 0 Å². The smallest absolute Gasteiger partial charge is 0.367 e. The lowest BCUT2D eigenvalue weighted by Gasteiger charge is -2.30. The molecule has 0 radical (unpaired) electrons. The van der Waals surface area contributed by atoms with E-state index >= 15 is 0 Å². The minimum absolute atomic E-state index is 0.0232. The van der Waals surface area contributed by atoms with Gasteiger partial charge in [0, 0.05) is 20.1 Å². The Kier molecular flexibility index (Phi) is 4.30. The number of likely N-dealkylation sites (tertiary alicyclic amines) is 1. The average Bonchev–Trinajstić information content (AvgIpc) is 2.71. The second-order valence-electron chi connectivity index (χ2n) is 4.08. The molecule has 1 fully saturated rings. The Labute approximate surface area is 103 Å². The van der Waals surface area contributed by atoms with E-state index in [2.05, 4.69) is 4.74 Å². The topological polar surface area (TPSA) is 29.5 Å². The van der Waals surface area contributed by atoms with Gasteiger partial charge in [0.1, 0.15) is 5.38 Å². The number of amides is 1. The molecule has 17 heavy (non-hydrogen) atoms. The number of alkyl halides is 4. The quantitative estimate of drug-likeness (QED) is 0.738. The Morgan fingerprint density at radius 2 is 2.18 bits per heavy atom. The summed E-state index contributed by atoms with van der Waals surface area (Å²) < 4.78 is 43.1. The molecule has 2 atom stereocenters. The second-order valence-corrected chi connectivity index (χ2v) is 4.61. The number of carbonyl (C=O) groups is 1. The van der Waals surface area contributed by atoms with Gasteiger partial charge in [-0.1, -0.05) is 6.92 Å². The summed E-state index contributed by atoms with van der Waals surface area (Å²) in [6.45, 7) is 1.25. The highest BCUT2D eigenvalue weighted by atomic mass is 35.5. The van der Waals surface area contributed by atoms with Crippen molar-refractivity contribution in [2.24, 2.45) is 0 Å². The van der Waals surface area contributed by atoms with Crippen molar-refractivity contribution >= 4 is 17.5 Å². The molecular weight excluding hydrogens is 259 g/mol. The van der Waals surface area contributed by atoms with E-state index in [0.717, 1.165) is 12.0 Å². The van der Waals surface area contributed by atoms with Crippen molar-refractivity contribution < 1.29 is 22.7 Å². The molecule has 0 aromatic heterocycles. The molecule has 1 aliphatic heterocycles. The molecule has 1 saturated heterocycles. The molecule has 1 rings (SSSR count).